The first kappa shape index (κ1) is 17.2. The van der Waals surface area contributed by atoms with Gasteiger partial charge < -0.3 is 19.9 Å². The standard InChI is InChI=1S/C17H18N2O5S/c1-17(2,16(21)22)5-6-18-14(20)11-8-25-15(19-11)10-3-4-12-13(7-10)24-9-23-12/h3-4,7-8H,5-6,9H2,1-2H3,(H,18,20)(H,21,22). The summed E-state index contributed by atoms with van der Waals surface area (Å²) in [6, 6.07) is 5.51. The summed E-state index contributed by atoms with van der Waals surface area (Å²) in [4.78, 5) is 27.6. The van der Waals surface area contributed by atoms with Gasteiger partial charge in [-0.25, -0.2) is 4.98 Å². The molecule has 0 unspecified atom stereocenters. The van der Waals surface area contributed by atoms with Crippen LogP contribution in [0.5, 0.6) is 11.5 Å². The van der Waals surface area contributed by atoms with Crippen LogP contribution in [0.4, 0.5) is 0 Å². The minimum Gasteiger partial charge on any atom is -0.481 e. The van der Waals surface area contributed by atoms with E-state index < -0.39 is 11.4 Å². The van der Waals surface area contributed by atoms with E-state index in [1.807, 2.05) is 18.2 Å². The lowest BCUT2D eigenvalue weighted by Gasteiger charge is -2.18. The van der Waals surface area contributed by atoms with Crippen LogP contribution in [0.1, 0.15) is 30.8 Å². The quantitative estimate of drug-likeness (QED) is 0.820. The number of thiazole rings is 1. The Hall–Kier alpha value is -2.61. The highest BCUT2D eigenvalue weighted by Crippen LogP contribution is 2.36. The smallest absolute Gasteiger partial charge is 0.309 e. The zero-order valence-electron chi connectivity index (χ0n) is 13.9. The van der Waals surface area contributed by atoms with Gasteiger partial charge in [0.15, 0.2) is 11.5 Å². The van der Waals surface area contributed by atoms with Crippen LogP contribution in [0.25, 0.3) is 10.6 Å². The number of nitrogens with one attached hydrogen (secondary N) is 1. The van der Waals surface area contributed by atoms with Crippen LogP contribution in [-0.4, -0.2) is 35.3 Å². The first-order valence-electron chi connectivity index (χ1n) is 7.74. The highest BCUT2D eigenvalue weighted by Gasteiger charge is 2.26. The van der Waals surface area contributed by atoms with E-state index in [2.05, 4.69) is 10.3 Å². The highest BCUT2D eigenvalue weighted by atomic mass is 32.1. The van der Waals surface area contributed by atoms with Crippen molar-refractivity contribution in [2.45, 2.75) is 20.3 Å². The maximum atomic E-state index is 12.2. The predicted molar refractivity (Wildman–Crippen MR) is 92.0 cm³/mol. The van der Waals surface area contributed by atoms with Gasteiger partial charge in [0.25, 0.3) is 5.91 Å². The number of fused-ring (bicyclic) bond motifs is 1. The fourth-order valence-electron chi connectivity index (χ4n) is 2.23. The van der Waals surface area contributed by atoms with Crippen molar-refractivity contribution in [2.24, 2.45) is 5.41 Å². The van der Waals surface area contributed by atoms with Crippen molar-refractivity contribution in [2.75, 3.05) is 13.3 Å². The Morgan fingerprint density at radius 3 is 2.84 bits per heavy atom. The van der Waals surface area contributed by atoms with Crippen LogP contribution in [0.3, 0.4) is 0 Å². The molecule has 7 nitrogen and oxygen atoms in total. The number of carbonyl (C=O) groups excluding carboxylic acids is 1. The number of carboxylic acid groups (broad SMARTS) is 1. The molecule has 2 aromatic rings. The summed E-state index contributed by atoms with van der Waals surface area (Å²) in [5.74, 6) is 0.152. The van der Waals surface area contributed by atoms with Crippen LogP contribution < -0.4 is 14.8 Å². The number of benzene rings is 1. The van der Waals surface area contributed by atoms with Crippen molar-refractivity contribution in [1.82, 2.24) is 10.3 Å². The number of aromatic nitrogens is 1. The zero-order chi connectivity index (χ0) is 18.0. The molecular formula is C17H18N2O5S. The van der Waals surface area contributed by atoms with E-state index in [1.54, 1.807) is 19.2 Å². The molecule has 0 spiro atoms. The van der Waals surface area contributed by atoms with Crippen molar-refractivity contribution < 1.29 is 24.2 Å². The molecule has 0 aliphatic carbocycles. The second-order valence-corrected chi connectivity index (χ2v) is 7.16. The molecule has 0 saturated heterocycles. The number of aliphatic carboxylic acids is 1. The highest BCUT2D eigenvalue weighted by molar-refractivity contribution is 7.13. The number of nitrogens with zero attached hydrogens (tertiary/aromatic N) is 1. The van der Waals surface area contributed by atoms with Gasteiger partial charge >= 0.3 is 5.97 Å². The third-order valence-corrected chi connectivity index (χ3v) is 4.86. The van der Waals surface area contributed by atoms with Crippen LogP contribution in [0.15, 0.2) is 23.6 Å². The minimum absolute atomic E-state index is 0.205. The van der Waals surface area contributed by atoms with E-state index in [-0.39, 0.29) is 19.2 Å². The monoisotopic (exact) mass is 362 g/mol. The summed E-state index contributed by atoms with van der Waals surface area (Å²) in [5.41, 5.74) is 0.276. The molecule has 25 heavy (non-hydrogen) atoms. The van der Waals surface area contributed by atoms with E-state index in [4.69, 9.17) is 14.6 Å². The van der Waals surface area contributed by atoms with Crippen molar-refractivity contribution in [3.63, 3.8) is 0 Å². The van der Waals surface area contributed by atoms with E-state index in [9.17, 15) is 9.59 Å². The van der Waals surface area contributed by atoms with E-state index in [0.717, 1.165) is 5.56 Å². The molecule has 0 atom stereocenters. The first-order valence-corrected chi connectivity index (χ1v) is 8.62. The summed E-state index contributed by atoms with van der Waals surface area (Å²) in [6.07, 6.45) is 0.341. The fourth-order valence-corrected chi connectivity index (χ4v) is 3.02. The molecule has 1 aromatic heterocycles. The van der Waals surface area contributed by atoms with Crippen molar-refractivity contribution in [3.8, 4) is 22.1 Å². The molecular weight excluding hydrogens is 344 g/mol. The molecule has 132 valence electrons. The lowest BCUT2D eigenvalue weighted by Crippen LogP contribution is -2.32. The predicted octanol–water partition coefficient (Wildman–Crippen LogP) is 2.77. The third-order valence-electron chi connectivity index (χ3n) is 3.97. The van der Waals surface area contributed by atoms with Gasteiger partial charge in [0.05, 0.1) is 5.41 Å². The molecule has 1 aliphatic rings. The maximum absolute atomic E-state index is 12.2. The number of amides is 1. The number of carboxylic acids is 1. The summed E-state index contributed by atoms with van der Waals surface area (Å²) in [5, 5.41) is 14.2. The number of carbonyl (C=O) groups is 2. The molecule has 2 N–H and O–H groups in total. The topological polar surface area (TPSA) is 97.8 Å². The Labute approximate surface area is 148 Å². The van der Waals surface area contributed by atoms with Gasteiger partial charge in [-0.05, 0) is 38.5 Å². The molecule has 0 saturated carbocycles. The molecule has 1 amide bonds. The Balaban J connectivity index is 1.63. The largest absolute Gasteiger partial charge is 0.481 e. The minimum atomic E-state index is -0.888. The molecule has 2 heterocycles. The van der Waals surface area contributed by atoms with Crippen LogP contribution in [0.2, 0.25) is 0 Å². The number of ether oxygens (including phenoxy) is 2. The summed E-state index contributed by atoms with van der Waals surface area (Å²) in [7, 11) is 0. The molecule has 8 heteroatoms. The molecule has 3 rings (SSSR count). The SMILES string of the molecule is CC(C)(CCNC(=O)c1csc(-c2ccc3c(c2)OCO3)n1)C(=O)O. The maximum Gasteiger partial charge on any atom is 0.309 e. The van der Waals surface area contributed by atoms with Gasteiger partial charge in [-0.15, -0.1) is 11.3 Å². The van der Waals surface area contributed by atoms with Gasteiger partial charge in [0.2, 0.25) is 6.79 Å². The summed E-state index contributed by atoms with van der Waals surface area (Å²) in [6.45, 7) is 3.73. The average molecular weight is 362 g/mol. The van der Waals surface area contributed by atoms with Crippen molar-refractivity contribution in [3.05, 3.63) is 29.3 Å². The van der Waals surface area contributed by atoms with Crippen molar-refractivity contribution >= 4 is 23.2 Å². The molecule has 0 radical (unpaired) electrons. The number of hydrogen-bond acceptors (Lipinski definition) is 6. The molecule has 0 bridgehead atoms. The Bertz CT molecular complexity index is 815. The first-order chi connectivity index (χ1) is 11.9. The van der Waals surface area contributed by atoms with Gasteiger partial charge in [0, 0.05) is 17.5 Å². The van der Waals surface area contributed by atoms with E-state index >= 15 is 0 Å². The number of rotatable bonds is 6. The summed E-state index contributed by atoms with van der Waals surface area (Å²) < 4.78 is 10.6. The van der Waals surface area contributed by atoms with Crippen LogP contribution in [0, 0.1) is 5.41 Å². The van der Waals surface area contributed by atoms with Gasteiger partial charge in [-0.1, -0.05) is 0 Å². The van der Waals surface area contributed by atoms with E-state index in [1.165, 1.54) is 11.3 Å². The van der Waals surface area contributed by atoms with Gasteiger partial charge in [0.1, 0.15) is 10.7 Å². The Morgan fingerprint density at radius 1 is 1.32 bits per heavy atom. The van der Waals surface area contributed by atoms with Gasteiger partial charge in [-0.2, -0.15) is 0 Å². The third kappa shape index (κ3) is 3.74. The van der Waals surface area contributed by atoms with Gasteiger partial charge in [-0.3, -0.25) is 9.59 Å². The second kappa shape index (κ2) is 6.72. The molecule has 0 fully saturated rings. The Morgan fingerprint density at radius 2 is 2.08 bits per heavy atom. The lowest BCUT2D eigenvalue weighted by atomic mass is 9.90. The van der Waals surface area contributed by atoms with Crippen molar-refractivity contribution in [1.29, 1.82) is 0 Å². The normalized spacial score (nSPS) is 12.9. The average Bonchev–Trinajstić information content (AvgIpc) is 3.23. The molecule has 1 aliphatic heterocycles. The fraction of sp³-hybridized carbons (Fsp3) is 0.353. The molecule has 1 aromatic carbocycles. The number of hydrogen-bond donors (Lipinski definition) is 2. The van der Waals surface area contributed by atoms with Crippen LogP contribution in [-0.2, 0) is 4.79 Å². The zero-order valence-corrected chi connectivity index (χ0v) is 14.7. The van der Waals surface area contributed by atoms with Crippen LogP contribution >= 0.6 is 11.3 Å². The lowest BCUT2D eigenvalue weighted by molar-refractivity contribution is -0.147. The Kier molecular flexibility index (Phi) is 4.63. The summed E-state index contributed by atoms with van der Waals surface area (Å²) >= 11 is 1.36. The second-order valence-electron chi connectivity index (χ2n) is 6.30. The van der Waals surface area contributed by atoms with E-state index in [0.29, 0.717) is 28.6 Å².